The van der Waals surface area contributed by atoms with Crippen LogP contribution in [-0.4, -0.2) is 28.4 Å². The molecule has 0 aliphatic carbocycles. The molecule has 3 aromatic rings. The fourth-order valence-electron chi connectivity index (χ4n) is 3.40. The molecule has 2 aromatic carbocycles. The molecule has 1 aliphatic heterocycles. The molecule has 4 nitrogen and oxygen atoms in total. The molecule has 1 fully saturated rings. The highest BCUT2D eigenvalue weighted by Crippen LogP contribution is 2.32. The Labute approximate surface area is 151 Å². The molecule has 1 saturated heterocycles. The number of rotatable bonds is 5. The predicted octanol–water partition coefficient (Wildman–Crippen LogP) is 3.77. The summed E-state index contributed by atoms with van der Waals surface area (Å²) in [6.45, 7) is 2.16. The van der Waals surface area contributed by atoms with Crippen molar-refractivity contribution in [3.63, 3.8) is 0 Å². The third-order valence-electron chi connectivity index (χ3n) is 4.69. The number of aliphatic hydroxyl groups excluding tert-OH is 1. The van der Waals surface area contributed by atoms with Crippen LogP contribution in [0.15, 0.2) is 54.6 Å². The van der Waals surface area contributed by atoms with Crippen LogP contribution in [-0.2, 0) is 13.0 Å². The molecule has 4 rings (SSSR count). The second-order valence-corrected chi connectivity index (χ2v) is 7.49. The monoisotopic (exact) mass is 351 g/mol. The van der Waals surface area contributed by atoms with Crippen LogP contribution >= 0.6 is 11.3 Å². The van der Waals surface area contributed by atoms with Crippen molar-refractivity contribution < 1.29 is 5.11 Å². The van der Waals surface area contributed by atoms with Crippen molar-refractivity contribution in [2.75, 3.05) is 18.0 Å². The van der Waals surface area contributed by atoms with Gasteiger partial charge in [0.25, 0.3) is 0 Å². The van der Waals surface area contributed by atoms with Crippen molar-refractivity contribution in [1.82, 2.24) is 10.2 Å². The lowest BCUT2D eigenvalue weighted by Crippen LogP contribution is -2.20. The predicted molar refractivity (Wildman–Crippen MR) is 102 cm³/mol. The van der Waals surface area contributed by atoms with Crippen LogP contribution in [0, 0.1) is 5.92 Å². The van der Waals surface area contributed by atoms with E-state index < -0.39 is 0 Å². The molecule has 25 heavy (non-hydrogen) atoms. The number of hydrogen-bond donors (Lipinski definition) is 1. The normalized spacial score (nSPS) is 17.2. The van der Waals surface area contributed by atoms with E-state index in [-0.39, 0.29) is 6.61 Å². The summed E-state index contributed by atoms with van der Waals surface area (Å²) in [6.07, 6.45) is 2.22. The Hall–Kier alpha value is -2.24. The molecule has 0 amide bonds. The van der Waals surface area contributed by atoms with E-state index in [0.29, 0.717) is 5.92 Å². The summed E-state index contributed by atoms with van der Waals surface area (Å²) in [5, 5.41) is 20.1. The van der Waals surface area contributed by atoms with Crippen LogP contribution in [0.1, 0.15) is 17.5 Å². The molecule has 0 bridgehead atoms. The van der Waals surface area contributed by atoms with E-state index in [2.05, 4.69) is 39.4 Å². The van der Waals surface area contributed by atoms with Crippen LogP contribution in [0.4, 0.5) is 5.13 Å². The Morgan fingerprint density at radius 3 is 2.72 bits per heavy atom. The number of anilines is 1. The fraction of sp³-hybridized carbons (Fsp3) is 0.300. The third-order valence-corrected chi connectivity index (χ3v) is 5.72. The maximum atomic E-state index is 9.29. The van der Waals surface area contributed by atoms with Crippen molar-refractivity contribution in [2.24, 2.45) is 5.92 Å². The van der Waals surface area contributed by atoms with E-state index in [1.807, 2.05) is 30.3 Å². The first kappa shape index (κ1) is 16.2. The van der Waals surface area contributed by atoms with Gasteiger partial charge in [-0.3, -0.25) is 0 Å². The maximum Gasteiger partial charge on any atom is 0.208 e. The smallest absolute Gasteiger partial charge is 0.208 e. The Kier molecular flexibility index (Phi) is 4.76. The minimum atomic E-state index is 0.109. The molecule has 0 spiro atoms. The summed E-state index contributed by atoms with van der Waals surface area (Å²) in [4.78, 5) is 2.35. The summed E-state index contributed by atoms with van der Waals surface area (Å²) in [7, 11) is 0. The molecule has 0 radical (unpaired) electrons. The summed E-state index contributed by atoms with van der Waals surface area (Å²) in [6, 6.07) is 18.5. The standard InChI is InChI=1S/C20H21N3OS/c24-14-17-6-4-5-15(12-17)11-16-9-10-23(13-16)20-22-21-19(25-20)18-7-2-1-3-8-18/h1-8,12,16,24H,9-11,13-14H2. The number of nitrogens with zero attached hydrogens (tertiary/aromatic N) is 3. The van der Waals surface area contributed by atoms with Crippen LogP contribution in [0.25, 0.3) is 10.6 Å². The van der Waals surface area contributed by atoms with E-state index in [4.69, 9.17) is 0 Å². The highest BCUT2D eigenvalue weighted by molar-refractivity contribution is 7.18. The lowest BCUT2D eigenvalue weighted by molar-refractivity contribution is 0.281. The second-order valence-electron chi connectivity index (χ2n) is 6.54. The number of aromatic nitrogens is 2. The Bertz CT molecular complexity index is 834. The van der Waals surface area contributed by atoms with Gasteiger partial charge in [0.1, 0.15) is 5.01 Å². The van der Waals surface area contributed by atoms with Crippen molar-refractivity contribution in [3.05, 3.63) is 65.7 Å². The SMILES string of the molecule is OCc1cccc(CC2CCN(c3nnc(-c4ccccc4)s3)C2)c1. The molecule has 1 atom stereocenters. The zero-order valence-electron chi connectivity index (χ0n) is 14.0. The van der Waals surface area contributed by atoms with Crippen molar-refractivity contribution >= 4 is 16.5 Å². The van der Waals surface area contributed by atoms with Gasteiger partial charge in [-0.25, -0.2) is 0 Å². The molecular weight excluding hydrogens is 330 g/mol. The van der Waals surface area contributed by atoms with Gasteiger partial charge in [-0.1, -0.05) is 65.9 Å². The molecule has 5 heteroatoms. The van der Waals surface area contributed by atoms with Gasteiger partial charge in [-0.15, -0.1) is 10.2 Å². The van der Waals surface area contributed by atoms with Crippen molar-refractivity contribution in [2.45, 2.75) is 19.4 Å². The minimum absolute atomic E-state index is 0.109. The summed E-state index contributed by atoms with van der Waals surface area (Å²) in [5.41, 5.74) is 3.42. The van der Waals surface area contributed by atoms with Gasteiger partial charge in [-0.05, 0) is 29.9 Å². The summed E-state index contributed by atoms with van der Waals surface area (Å²) in [5.74, 6) is 0.623. The molecule has 1 N–H and O–H groups in total. The van der Waals surface area contributed by atoms with Crippen LogP contribution in [0.5, 0.6) is 0 Å². The third kappa shape index (κ3) is 3.72. The van der Waals surface area contributed by atoms with Gasteiger partial charge >= 0.3 is 0 Å². The molecule has 128 valence electrons. The first-order valence-corrected chi connectivity index (χ1v) is 9.46. The van der Waals surface area contributed by atoms with E-state index in [1.165, 1.54) is 12.0 Å². The average Bonchev–Trinajstić information content (AvgIpc) is 3.32. The lowest BCUT2D eigenvalue weighted by atomic mass is 9.97. The molecule has 1 aliphatic rings. The molecular formula is C20H21N3OS. The summed E-state index contributed by atoms with van der Waals surface area (Å²) < 4.78 is 0. The number of benzene rings is 2. The quantitative estimate of drug-likeness (QED) is 0.760. The first-order chi connectivity index (χ1) is 12.3. The van der Waals surface area contributed by atoms with Gasteiger partial charge in [0.15, 0.2) is 0 Å². The first-order valence-electron chi connectivity index (χ1n) is 8.64. The zero-order valence-corrected chi connectivity index (χ0v) is 14.8. The number of aliphatic hydroxyl groups is 1. The van der Waals surface area contributed by atoms with Crippen molar-refractivity contribution in [1.29, 1.82) is 0 Å². The molecule has 1 aromatic heterocycles. The molecule has 2 heterocycles. The second kappa shape index (κ2) is 7.33. The topological polar surface area (TPSA) is 49.2 Å². The van der Waals surface area contributed by atoms with E-state index in [1.54, 1.807) is 11.3 Å². The zero-order chi connectivity index (χ0) is 17.1. The lowest BCUT2D eigenvalue weighted by Gasteiger charge is -2.14. The Morgan fingerprint density at radius 1 is 1.04 bits per heavy atom. The molecule has 1 unspecified atom stereocenters. The van der Waals surface area contributed by atoms with Crippen LogP contribution in [0.3, 0.4) is 0 Å². The van der Waals surface area contributed by atoms with Crippen molar-refractivity contribution in [3.8, 4) is 10.6 Å². The Balaban J connectivity index is 1.41. The van der Waals surface area contributed by atoms with Crippen LogP contribution in [0.2, 0.25) is 0 Å². The average molecular weight is 351 g/mol. The van der Waals surface area contributed by atoms with Crippen LogP contribution < -0.4 is 4.90 Å². The summed E-state index contributed by atoms with van der Waals surface area (Å²) >= 11 is 1.67. The van der Waals surface area contributed by atoms with Gasteiger partial charge in [0.05, 0.1) is 6.61 Å². The highest BCUT2D eigenvalue weighted by atomic mass is 32.1. The maximum absolute atomic E-state index is 9.29. The minimum Gasteiger partial charge on any atom is -0.392 e. The van der Waals surface area contributed by atoms with E-state index >= 15 is 0 Å². The van der Waals surface area contributed by atoms with E-state index in [0.717, 1.165) is 40.8 Å². The van der Waals surface area contributed by atoms with Gasteiger partial charge < -0.3 is 10.0 Å². The highest BCUT2D eigenvalue weighted by Gasteiger charge is 2.25. The van der Waals surface area contributed by atoms with Gasteiger partial charge in [0.2, 0.25) is 5.13 Å². The molecule has 0 saturated carbocycles. The fourth-order valence-corrected chi connectivity index (χ4v) is 4.29. The van der Waals surface area contributed by atoms with Gasteiger partial charge in [0, 0.05) is 18.7 Å². The number of hydrogen-bond acceptors (Lipinski definition) is 5. The Morgan fingerprint density at radius 2 is 1.88 bits per heavy atom. The van der Waals surface area contributed by atoms with Gasteiger partial charge in [-0.2, -0.15) is 0 Å². The van der Waals surface area contributed by atoms with E-state index in [9.17, 15) is 5.11 Å². The largest absolute Gasteiger partial charge is 0.392 e.